The summed E-state index contributed by atoms with van der Waals surface area (Å²) in [7, 11) is 0. The average molecular weight is 197 g/mol. The van der Waals surface area contributed by atoms with Crippen LogP contribution in [0, 0.1) is 5.92 Å². The first-order chi connectivity index (χ1) is 6.85. The highest BCUT2D eigenvalue weighted by molar-refractivity contribution is 4.94. The summed E-state index contributed by atoms with van der Waals surface area (Å²) in [5.74, 6) is 0.800. The molecule has 0 saturated carbocycles. The van der Waals surface area contributed by atoms with Crippen LogP contribution in [0.3, 0.4) is 0 Å². The van der Waals surface area contributed by atoms with Gasteiger partial charge in [-0.1, -0.05) is 20.3 Å². The maximum atomic E-state index is 5.92. The number of hydrogen-bond donors (Lipinski definition) is 1. The fourth-order valence-electron chi connectivity index (χ4n) is 3.14. The van der Waals surface area contributed by atoms with Crippen molar-refractivity contribution in [3.63, 3.8) is 0 Å². The van der Waals surface area contributed by atoms with Gasteiger partial charge in [-0.25, -0.2) is 0 Å². The van der Waals surface area contributed by atoms with E-state index in [2.05, 4.69) is 19.2 Å². The fourth-order valence-corrected chi connectivity index (χ4v) is 3.14. The second-order valence-electron chi connectivity index (χ2n) is 4.73. The third kappa shape index (κ3) is 1.96. The number of fused-ring (bicyclic) bond motifs is 2. The molecule has 4 atom stereocenters. The van der Waals surface area contributed by atoms with E-state index in [1.165, 1.54) is 32.1 Å². The summed E-state index contributed by atoms with van der Waals surface area (Å²) in [6.45, 7) is 5.58. The normalized spacial score (nSPS) is 37.7. The molecule has 2 heterocycles. The van der Waals surface area contributed by atoms with Crippen molar-refractivity contribution in [3.8, 4) is 0 Å². The van der Waals surface area contributed by atoms with Crippen molar-refractivity contribution >= 4 is 0 Å². The average Bonchev–Trinajstić information content (AvgIpc) is 2.78. The zero-order valence-corrected chi connectivity index (χ0v) is 9.46. The second-order valence-corrected chi connectivity index (χ2v) is 4.73. The molecule has 82 valence electrons. The molecule has 2 heteroatoms. The molecule has 2 fully saturated rings. The number of hydrogen-bond acceptors (Lipinski definition) is 2. The van der Waals surface area contributed by atoms with E-state index in [-0.39, 0.29) is 0 Å². The summed E-state index contributed by atoms with van der Waals surface area (Å²) in [6, 6.07) is 0.709. The Labute approximate surface area is 87.4 Å². The minimum atomic E-state index is 0.579. The summed E-state index contributed by atoms with van der Waals surface area (Å²) in [6.07, 6.45) is 7.70. The van der Waals surface area contributed by atoms with Crippen LogP contribution in [-0.4, -0.2) is 24.8 Å². The molecule has 14 heavy (non-hydrogen) atoms. The molecule has 0 aromatic rings. The smallest absolute Gasteiger partial charge is 0.0623 e. The second kappa shape index (κ2) is 4.63. The highest BCUT2D eigenvalue weighted by atomic mass is 16.5. The maximum Gasteiger partial charge on any atom is 0.0623 e. The molecule has 2 bridgehead atoms. The predicted molar refractivity (Wildman–Crippen MR) is 58.4 cm³/mol. The van der Waals surface area contributed by atoms with Crippen LogP contribution in [0.25, 0.3) is 0 Å². The van der Waals surface area contributed by atoms with Crippen molar-refractivity contribution in [3.05, 3.63) is 0 Å². The molecule has 2 aliphatic rings. The van der Waals surface area contributed by atoms with E-state index in [1.807, 2.05) is 0 Å². The standard InChI is InChI=1S/C12H23NO/c1-3-5-11(13-4-2)10-8-9-6-7-12(10)14-9/h9-13H,3-8H2,1-2H3. The maximum absolute atomic E-state index is 5.92. The van der Waals surface area contributed by atoms with Gasteiger partial charge in [0.05, 0.1) is 12.2 Å². The van der Waals surface area contributed by atoms with Crippen LogP contribution in [0.4, 0.5) is 0 Å². The third-order valence-corrected chi connectivity index (χ3v) is 3.74. The minimum Gasteiger partial charge on any atom is -0.375 e. The van der Waals surface area contributed by atoms with Gasteiger partial charge in [-0.05, 0) is 32.2 Å². The Morgan fingerprint density at radius 3 is 2.71 bits per heavy atom. The van der Waals surface area contributed by atoms with Crippen molar-refractivity contribution < 1.29 is 4.74 Å². The van der Waals surface area contributed by atoms with E-state index in [1.54, 1.807) is 0 Å². The largest absolute Gasteiger partial charge is 0.375 e. The van der Waals surface area contributed by atoms with Gasteiger partial charge in [-0.15, -0.1) is 0 Å². The number of rotatable bonds is 5. The van der Waals surface area contributed by atoms with Crippen LogP contribution >= 0.6 is 0 Å². The van der Waals surface area contributed by atoms with Gasteiger partial charge >= 0.3 is 0 Å². The summed E-state index contributed by atoms with van der Waals surface area (Å²) in [5, 5.41) is 3.63. The lowest BCUT2D eigenvalue weighted by atomic mass is 9.82. The van der Waals surface area contributed by atoms with Crippen molar-refractivity contribution in [2.45, 2.75) is 64.2 Å². The Hall–Kier alpha value is -0.0800. The molecular formula is C12H23NO. The van der Waals surface area contributed by atoms with E-state index in [9.17, 15) is 0 Å². The van der Waals surface area contributed by atoms with Gasteiger partial charge in [0, 0.05) is 12.0 Å². The number of ether oxygens (including phenoxy) is 1. The van der Waals surface area contributed by atoms with Crippen LogP contribution < -0.4 is 5.32 Å². The van der Waals surface area contributed by atoms with E-state index in [0.717, 1.165) is 12.5 Å². The van der Waals surface area contributed by atoms with Crippen LogP contribution in [-0.2, 0) is 4.74 Å². The minimum absolute atomic E-state index is 0.579. The van der Waals surface area contributed by atoms with Crippen molar-refractivity contribution in [2.24, 2.45) is 5.92 Å². The van der Waals surface area contributed by atoms with Crippen molar-refractivity contribution in [2.75, 3.05) is 6.54 Å². The Morgan fingerprint density at radius 2 is 2.21 bits per heavy atom. The molecule has 2 nitrogen and oxygen atoms in total. The van der Waals surface area contributed by atoms with Gasteiger partial charge in [0.25, 0.3) is 0 Å². The van der Waals surface area contributed by atoms with Gasteiger partial charge < -0.3 is 10.1 Å². The first-order valence-corrected chi connectivity index (χ1v) is 6.24. The topological polar surface area (TPSA) is 21.3 Å². The van der Waals surface area contributed by atoms with Gasteiger partial charge in [0.2, 0.25) is 0 Å². The van der Waals surface area contributed by atoms with Crippen LogP contribution in [0.2, 0.25) is 0 Å². The van der Waals surface area contributed by atoms with Gasteiger partial charge in [0.15, 0.2) is 0 Å². The molecule has 2 rings (SSSR count). The van der Waals surface area contributed by atoms with Gasteiger partial charge in [-0.3, -0.25) is 0 Å². The zero-order valence-electron chi connectivity index (χ0n) is 9.46. The first-order valence-electron chi connectivity index (χ1n) is 6.24. The zero-order chi connectivity index (χ0) is 9.97. The summed E-state index contributed by atoms with van der Waals surface area (Å²) in [4.78, 5) is 0. The lowest BCUT2D eigenvalue weighted by Gasteiger charge is -2.28. The van der Waals surface area contributed by atoms with Crippen LogP contribution in [0.1, 0.15) is 46.0 Å². The quantitative estimate of drug-likeness (QED) is 0.730. The Bertz CT molecular complexity index is 177. The third-order valence-electron chi connectivity index (χ3n) is 3.74. The Morgan fingerprint density at radius 1 is 1.36 bits per heavy atom. The molecule has 4 unspecified atom stereocenters. The molecule has 2 saturated heterocycles. The molecule has 2 aliphatic heterocycles. The molecular weight excluding hydrogens is 174 g/mol. The number of nitrogens with one attached hydrogen (secondary N) is 1. The van der Waals surface area contributed by atoms with E-state index >= 15 is 0 Å². The summed E-state index contributed by atoms with van der Waals surface area (Å²) >= 11 is 0. The SMILES string of the molecule is CCCC(NCC)C1CC2CCC1O2. The molecule has 1 N–H and O–H groups in total. The highest BCUT2D eigenvalue weighted by Gasteiger charge is 2.43. The monoisotopic (exact) mass is 197 g/mol. The van der Waals surface area contributed by atoms with Gasteiger partial charge in [0.1, 0.15) is 0 Å². The Balaban J connectivity index is 1.90. The first kappa shape index (κ1) is 10.4. The molecule has 0 aliphatic carbocycles. The Kier molecular flexibility index (Phi) is 3.45. The molecule has 0 amide bonds. The molecule has 0 spiro atoms. The van der Waals surface area contributed by atoms with Crippen molar-refractivity contribution in [1.29, 1.82) is 0 Å². The van der Waals surface area contributed by atoms with Crippen molar-refractivity contribution in [1.82, 2.24) is 5.32 Å². The van der Waals surface area contributed by atoms with E-state index in [4.69, 9.17) is 4.74 Å². The van der Waals surface area contributed by atoms with E-state index < -0.39 is 0 Å². The lowest BCUT2D eigenvalue weighted by Crippen LogP contribution is -2.40. The van der Waals surface area contributed by atoms with Crippen LogP contribution in [0.5, 0.6) is 0 Å². The summed E-state index contributed by atoms with van der Waals surface area (Å²) < 4.78 is 5.92. The molecule has 0 radical (unpaired) electrons. The van der Waals surface area contributed by atoms with Crippen LogP contribution in [0.15, 0.2) is 0 Å². The molecule has 0 aromatic heterocycles. The fraction of sp³-hybridized carbons (Fsp3) is 1.00. The lowest BCUT2D eigenvalue weighted by molar-refractivity contribution is 0.0850. The highest BCUT2D eigenvalue weighted by Crippen LogP contribution is 2.41. The molecule has 0 aromatic carbocycles. The van der Waals surface area contributed by atoms with E-state index in [0.29, 0.717) is 18.2 Å². The van der Waals surface area contributed by atoms with Gasteiger partial charge in [-0.2, -0.15) is 0 Å². The summed E-state index contributed by atoms with van der Waals surface area (Å²) in [5.41, 5.74) is 0. The predicted octanol–water partition coefficient (Wildman–Crippen LogP) is 2.33.